The van der Waals surface area contributed by atoms with Crippen molar-refractivity contribution in [3.05, 3.63) is 42.7 Å². The molecule has 0 radical (unpaired) electrons. The maximum absolute atomic E-state index is 3.54. The smallest absolute Gasteiger partial charge is 0.0701 e. The highest BCUT2D eigenvalue weighted by molar-refractivity contribution is 9.11. The van der Waals surface area contributed by atoms with E-state index in [9.17, 15) is 0 Å². The SMILES string of the molecule is Cc1ccc(C(C)NCc2csc(Br)c2)s1. The van der Waals surface area contributed by atoms with Gasteiger partial charge in [0.1, 0.15) is 0 Å². The van der Waals surface area contributed by atoms with Crippen molar-refractivity contribution in [3.8, 4) is 0 Å². The lowest BCUT2D eigenvalue weighted by atomic mass is 10.2. The van der Waals surface area contributed by atoms with Crippen LogP contribution in [0.3, 0.4) is 0 Å². The summed E-state index contributed by atoms with van der Waals surface area (Å²) in [5.74, 6) is 0. The Morgan fingerprint density at radius 2 is 2.25 bits per heavy atom. The van der Waals surface area contributed by atoms with Crippen LogP contribution in [-0.4, -0.2) is 0 Å². The molecule has 0 aliphatic heterocycles. The quantitative estimate of drug-likeness (QED) is 0.860. The molecule has 2 aromatic heterocycles. The van der Waals surface area contributed by atoms with Crippen LogP contribution in [-0.2, 0) is 6.54 Å². The molecule has 0 aliphatic carbocycles. The molecule has 2 rings (SSSR count). The molecule has 0 bridgehead atoms. The summed E-state index contributed by atoms with van der Waals surface area (Å²) < 4.78 is 1.20. The van der Waals surface area contributed by atoms with Gasteiger partial charge < -0.3 is 5.32 Å². The van der Waals surface area contributed by atoms with Crippen LogP contribution in [0.25, 0.3) is 0 Å². The molecule has 1 N–H and O–H groups in total. The van der Waals surface area contributed by atoms with E-state index in [4.69, 9.17) is 0 Å². The third-order valence-corrected chi connectivity index (χ3v) is 5.16. The Kier molecular flexibility index (Phi) is 4.19. The van der Waals surface area contributed by atoms with Crippen LogP contribution in [0.15, 0.2) is 27.4 Å². The molecule has 0 aromatic carbocycles. The van der Waals surface area contributed by atoms with E-state index in [1.165, 1.54) is 19.1 Å². The Morgan fingerprint density at radius 3 is 2.81 bits per heavy atom. The number of aryl methyl sites for hydroxylation is 1. The molecular formula is C12H14BrNS2. The Hall–Kier alpha value is -0.160. The van der Waals surface area contributed by atoms with Crippen molar-refractivity contribution >= 4 is 38.6 Å². The zero-order valence-electron chi connectivity index (χ0n) is 9.29. The Labute approximate surface area is 113 Å². The predicted octanol–water partition coefficient (Wildman–Crippen LogP) is 4.73. The number of hydrogen-bond acceptors (Lipinski definition) is 3. The van der Waals surface area contributed by atoms with Crippen LogP contribution in [0.2, 0.25) is 0 Å². The molecule has 4 heteroatoms. The van der Waals surface area contributed by atoms with Gasteiger partial charge in [-0.05, 0) is 58.9 Å². The van der Waals surface area contributed by atoms with E-state index in [0.29, 0.717) is 6.04 Å². The molecule has 1 atom stereocenters. The summed E-state index contributed by atoms with van der Waals surface area (Å²) in [6, 6.07) is 6.99. The molecule has 2 aromatic rings. The number of thiophene rings is 2. The molecule has 0 fully saturated rings. The van der Waals surface area contributed by atoms with E-state index in [1.807, 2.05) is 11.3 Å². The minimum absolute atomic E-state index is 0.428. The zero-order chi connectivity index (χ0) is 11.5. The van der Waals surface area contributed by atoms with Crippen molar-refractivity contribution < 1.29 is 0 Å². The maximum atomic E-state index is 3.54. The highest BCUT2D eigenvalue weighted by Gasteiger charge is 2.07. The first-order valence-corrected chi connectivity index (χ1v) is 7.66. The van der Waals surface area contributed by atoms with E-state index >= 15 is 0 Å². The highest BCUT2D eigenvalue weighted by atomic mass is 79.9. The van der Waals surface area contributed by atoms with Gasteiger partial charge in [0.15, 0.2) is 0 Å². The van der Waals surface area contributed by atoms with Gasteiger partial charge in [-0.25, -0.2) is 0 Å². The molecule has 0 saturated heterocycles. The van der Waals surface area contributed by atoms with Gasteiger partial charge in [-0.15, -0.1) is 22.7 Å². The van der Waals surface area contributed by atoms with E-state index < -0.39 is 0 Å². The van der Waals surface area contributed by atoms with Crippen LogP contribution in [0.4, 0.5) is 0 Å². The van der Waals surface area contributed by atoms with Gasteiger partial charge in [-0.1, -0.05) is 0 Å². The first-order valence-electron chi connectivity index (χ1n) is 5.18. The summed E-state index contributed by atoms with van der Waals surface area (Å²) in [6.45, 7) is 5.30. The highest BCUT2D eigenvalue weighted by Crippen LogP contribution is 2.24. The average Bonchev–Trinajstić information content (AvgIpc) is 2.84. The average molecular weight is 316 g/mol. The summed E-state index contributed by atoms with van der Waals surface area (Å²) in [5, 5.41) is 5.72. The molecule has 2 heterocycles. The molecule has 0 amide bonds. The van der Waals surface area contributed by atoms with Crippen LogP contribution < -0.4 is 5.32 Å². The van der Waals surface area contributed by atoms with Crippen molar-refractivity contribution in [2.24, 2.45) is 0 Å². The second-order valence-corrected chi connectivity index (χ2v) is 7.42. The van der Waals surface area contributed by atoms with E-state index in [1.54, 1.807) is 11.3 Å². The van der Waals surface area contributed by atoms with Crippen LogP contribution in [0, 0.1) is 6.92 Å². The largest absolute Gasteiger partial charge is 0.305 e. The fourth-order valence-corrected chi connectivity index (χ4v) is 3.61. The first kappa shape index (κ1) is 12.3. The van der Waals surface area contributed by atoms with Crippen molar-refractivity contribution in [3.63, 3.8) is 0 Å². The lowest BCUT2D eigenvalue weighted by molar-refractivity contribution is 0.583. The summed E-state index contributed by atoms with van der Waals surface area (Å²) in [6.07, 6.45) is 0. The monoisotopic (exact) mass is 315 g/mol. The molecule has 1 nitrogen and oxygen atoms in total. The summed E-state index contributed by atoms with van der Waals surface area (Å²) in [5.41, 5.74) is 1.34. The first-order chi connectivity index (χ1) is 7.65. The van der Waals surface area contributed by atoms with Crippen molar-refractivity contribution in [2.75, 3.05) is 0 Å². The van der Waals surface area contributed by atoms with Gasteiger partial charge in [0.05, 0.1) is 3.79 Å². The summed E-state index contributed by atoms with van der Waals surface area (Å²) in [4.78, 5) is 2.79. The van der Waals surface area contributed by atoms with Gasteiger partial charge >= 0.3 is 0 Å². The fourth-order valence-electron chi connectivity index (χ4n) is 1.50. The maximum Gasteiger partial charge on any atom is 0.0701 e. The van der Waals surface area contributed by atoms with E-state index in [-0.39, 0.29) is 0 Å². The second kappa shape index (κ2) is 5.45. The lowest BCUT2D eigenvalue weighted by Gasteiger charge is -2.10. The van der Waals surface area contributed by atoms with Gasteiger partial charge in [-0.2, -0.15) is 0 Å². The fraction of sp³-hybridized carbons (Fsp3) is 0.333. The Balaban J connectivity index is 1.91. The van der Waals surface area contributed by atoms with Gasteiger partial charge in [-0.3, -0.25) is 0 Å². The van der Waals surface area contributed by atoms with Gasteiger partial charge in [0, 0.05) is 22.3 Å². The third kappa shape index (κ3) is 3.17. The minimum atomic E-state index is 0.428. The lowest BCUT2D eigenvalue weighted by Crippen LogP contribution is -2.16. The Bertz CT molecular complexity index is 461. The van der Waals surface area contributed by atoms with E-state index in [2.05, 4.69) is 58.7 Å². The molecule has 0 saturated carbocycles. The number of rotatable bonds is 4. The van der Waals surface area contributed by atoms with Crippen molar-refractivity contribution in [2.45, 2.75) is 26.4 Å². The standard InChI is InChI=1S/C12H14BrNS2/c1-8-3-4-11(16-8)9(2)14-6-10-5-12(13)15-7-10/h3-5,7,9,14H,6H2,1-2H3. The molecule has 86 valence electrons. The Morgan fingerprint density at radius 1 is 1.44 bits per heavy atom. The van der Waals surface area contributed by atoms with Crippen molar-refractivity contribution in [1.82, 2.24) is 5.32 Å². The summed E-state index contributed by atoms with van der Waals surface area (Å²) >= 11 is 7.08. The molecule has 16 heavy (non-hydrogen) atoms. The third-order valence-electron chi connectivity index (χ3n) is 2.42. The normalized spacial score (nSPS) is 12.9. The summed E-state index contributed by atoms with van der Waals surface area (Å²) in [7, 11) is 0. The number of halogens is 1. The van der Waals surface area contributed by atoms with Gasteiger partial charge in [0.25, 0.3) is 0 Å². The molecular weight excluding hydrogens is 302 g/mol. The van der Waals surface area contributed by atoms with Crippen LogP contribution >= 0.6 is 38.6 Å². The second-order valence-electron chi connectivity index (χ2n) is 3.81. The topological polar surface area (TPSA) is 12.0 Å². The van der Waals surface area contributed by atoms with Gasteiger partial charge in [0.2, 0.25) is 0 Å². The van der Waals surface area contributed by atoms with Crippen molar-refractivity contribution in [1.29, 1.82) is 0 Å². The zero-order valence-corrected chi connectivity index (χ0v) is 12.5. The predicted molar refractivity (Wildman–Crippen MR) is 76.3 cm³/mol. The number of hydrogen-bond donors (Lipinski definition) is 1. The van der Waals surface area contributed by atoms with E-state index in [0.717, 1.165) is 6.54 Å². The number of nitrogens with one attached hydrogen (secondary N) is 1. The molecule has 1 unspecified atom stereocenters. The van der Waals surface area contributed by atoms with Crippen LogP contribution in [0.5, 0.6) is 0 Å². The van der Waals surface area contributed by atoms with Crippen LogP contribution in [0.1, 0.15) is 28.3 Å². The molecule has 0 aliphatic rings. The molecule has 0 spiro atoms. The minimum Gasteiger partial charge on any atom is -0.305 e.